The van der Waals surface area contributed by atoms with Gasteiger partial charge in [-0.2, -0.15) is 0 Å². The summed E-state index contributed by atoms with van der Waals surface area (Å²) in [5, 5.41) is 6.84. The Kier molecular flexibility index (Phi) is 5.52. The predicted octanol–water partition coefficient (Wildman–Crippen LogP) is 2.91. The first kappa shape index (κ1) is 13.7. The maximum Gasteiger partial charge on any atom is 0.173 e. The van der Waals surface area contributed by atoms with Crippen LogP contribution in [0.5, 0.6) is 0 Å². The molecule has 0 aromatic carbocycles. The summed E-state index contributed by atoms with van der Waals surface area (Å²) < 4.78 is 5.98. The molecule has 0 aliphatic carbocycles. The number of hydrogen-bond donors (Lipinski definition) is 2. The van der Waals surface area contributed by atoms with Gasteiger partial charge in [-0.3, -0.25) is 0 Å². The highest BCUT2D eigenvalue weighted by molar-refractivity contribution is 9.10. The summed E-state index contributed by atoms with van der Waals surface area (Å²) in [5.41, 5.74) is 1.39. The number of furan rings is 1. The maximum atomic E-state index is 5.15. The van der Waals surface area contributed by atoms with Crippen LogP contribution < -0.4 is 10.6 Å². The van der Waals surface area contributed by atoms with Gasteiger partial charge in [0.2, 0.25) is 0 Å². The van der Waals surface area contributed by atoms with Crippen molar-refractivity contribution in [3.63, 3.8) is 0 Å². The van der Waals surface area contributed by atoms with E-state index in [0.29, 0.717) is 0 Å². The molecule has 0 saturated carbocycles. The SMILES string of the molecule is CC(C)(C)NCCCNCc1ccoc1Br. The van der Waals surface area contributed by atoms with E-state index in [1.807, 2.05) is 6.07 Å². The number of halogens is 1. The first-order valence-electron chi connectivity index (χ1n) is 5.67. The van der Waals surface area contributed by atoms with Crippen molar-refractivity contribution in [1.29, 1.82) is 0 Å². The first-order chi connectivity index (χ1) is 7.49. The Morgan fingerprint density at radius 2 is 2.06 bits per heavy atom. The van der Waals surface area contributed by atoms with Gasteiger partial charge < -0.3 is 15.1 Å². The van der Waals surface area contributed by atoms with E-state index in [9.17, 15) is 0 Å². The summed E-state index contributed by atoms with van der Waals surface area (Å²) in [4.78, 5) is 0. The van der Waals surface area contributed by atoms with E-state index in [1.54, 1.807) is 6.26 Å². The maximum absolute atomic E-state index is 5.15. The molecular formula is C12H21BrN2O. The van der Waals surface area contributed by atoms with Gasteiger partial charge in [-0.15, -0.1) is 0 Å². The average Bonchev–Trinajstić information content (AvgIpc) is 2.56. The van der Waals surface area contributed by atoms with Crippen molar-refractivity contribution in [1.82, 2.24) is 10.6 Å². The van der Waals surface area contributed by atoms with Gasteiger partial charge in [-0.1, -0.05) is 0 Å². The first-order valence-corrected chi connectivity index (χ1v) is 6.46. The van der Waals surface area contributed by atoms with Gasteiger partial charge >= 0.3 is 0 Å². The second-order valence-corrected chi connectivity index (χ2v) is 5.65. The third-order valence-electron chi connectivity index (χ3n) is 2.19. The van der Waals surface area contributed by atoms with Crippen molar-refractivity contribution >= 4 is 15.9 Å². The third kappa shape index (κ3) is 5.68. The van der Waals surface area contributed by atoms with E-state index < -0.39 is 0 Å². The smallest absolute Gasteiger partial charge is 0.173 e. The lowest BCUT2D eigenvalue weighted by Gasteiger charge is -2.20. The van der Waals surface area contributed by atoms with Gasteiger partial charge in [0.15, 0.2) is 4.67 Å². The summed E-state index contributed by atoms with van der Waals surface area (Å²) in [6.45, 7) is 9.46. The van der Waals surface area contributed by atoms with Crippen LogP contribution in [0.25, 0.3) is 0 Å². The highest BCUT2D eigenvalue weighted by Crippen LogP contribution is 2.16. The van der Waals surface area contributed by atoms with E-state index in [0.717, 1.165) is 30.7 Å². The fourth-order valence-corrected chi connectivity index (χ4v) is 1.73. The minimum Gasteiger partial charge on any atom is -0.457 e. The van der Waals surface area contributed by atoms with Crippen LogP contribution in [0.15, 0.2) is 21.4 Å². The highest BCUT2D eigenvalue weighted by atomic mass is 79.9. The van der Waals surface area contributed by atoms with Crippen LogP contribution in [0.3, 0.4) is 0 Å². The minimum absolute atomic E-state index is 0.216. The van der Waals surface area contributed by atoms with E-state index in [1.165, 1.54) is 5.56 Å². The zero-order valence-corrected chi connectivity index (χ0v) is 11.9. The van der Waals surface area contributed by atoms with Crippen molar-refractivity contribution in [3.05, 3.63) is 22.6 Å². The Labute approximate surface area is 106 Å². The fraction of sp³-hybridized carbons (Fsp3) is 0.667. The molecule has 1 aromatic rings. The molecule has 0 radical (unpaired) electrons. The summed E-state index contributed by atoms with van der Waals surface area (Å²) in [6, 6.07) is 1.98. The molecule has 0 atom stereocenters. The zero-order valence-electron chi connectivity index (χ0n) is 10.3. The molecule has 1 heterocycles. The Morgan fingerprint density at radius 1 is 1.31 bits per heavy atom. The van der Waals surface area contributed by atoms with Gasteiger partial charge in [0.1, 0.15) is 0 Å². The average molecular weight is 289 g/mol. The Morgan fingerprint density at radius 3 is 2.62 bits per heavy atom. The van der Waals surface area contributed by atoms with E-state index in [4.69, 9.17) is 4.42 Å². The molecule has 0 amide bonds. The van der Waals surface area contributed by atoms with Crippen LogP contribution in [-0.4, -0.2) is 18.6 Å². The molecule has 0 saturated heterocycles. The number of rotatable bonds is 6. The van der Waals surface area contributed by atoms with Crippen LogP contribution in [-0.2, 0) is 6.54 Å². The predicted molar refractivity (Wildman–Crippen MR) is 70.5 cm³/mol. The van der Waals surface area contributed by atoms with Gasteiger partial charge in [-0.25, -0.2) is 0 Å². The normalized spacial score (nSPS) is 12.0. The molecule has 0 aliphatic heterocycles. The van der Waals surface area contributed by atoms with Crippen molar-refractivity contribution in [2.24, 2.45) is 0 Å². The van der Waals surface area contributed by atoms with E-state index >= 15 is 0 Å². The largest absolute Gasteiger partial charge is 0.457 e. The molecule has 0 spiro atoms. The molecule has 0 fully saturated rings. The lowest BCUT2D eigenvalue weighted by atomic mass is 10.1. The topological polar surface area (TPSA) is 37.2 Å². The second kappa shape index (κ2) is 6.42. The lowest BCUT2D eigenvalue weighted by molar-refractivity contribution is 0.418. The Bertz CT molecular complexity index is 304. The molecule has 1 aromatic heterocycles. The molecule has 1 rings (SSSR count). The summed E-state index contributed by atoms with van der Waals surface area (Å²) >= 11 is 3.36. The van der Waals surface area contributed by atoms with Gasteiger partial charge in [0.25, 0.3) is 0 Å². The van der Waals surface area contributed by atoms with E-state index in [2.05, 4.69) is 47.3 Å². The number of hydrogen-bond acceptors (Lipinski definition) is 3. The van der Waals surface area contributed by atoms with Gasteiger partial charge in [0, 0.05) is 17.6 Å². The summed E-state index contributed by atoms with van der Waals surface area (Å²) in [7, 11) is 0. The quantitative estimate of drug-likeness (QED) is 0.791. The molecule has 4 heteroatoms. The monoisotopic (exact) mass is 288 g/mol. The standard InChI is InChI=1S/C12H21BrN2O/c1-12(2,3)15-7-4-6-14-9-10-5-8-16-11(10)13/h5,8,14-15H,4,6-7,9H2,1-3H3. The van der Waals surface area contributed by atoms with Crippen molar-refractivity contribution in [2.45, 2.75) is 39.3 Å². The molecule has 2 N–H and O–H groups in total. The van der Waals surface area contributed by atoms with Crippen molar-refractivity contribution in [3.8, 4) is 0 Å². The molecule has 0 unspecified atom stereocenters. The molecular weight excluding hydrogens is 268 g/mol. The third-order valence-corrected chi connectivity index (χ3v) is 2.89. The Balaban J connectivity index is 2.03. The van der Waals surface area contributed by atoms with E-state index in [-0.39, 0.29) is 5.54 Å². The van der Waals surface area contributed by atoms with Crippen LogP contribution in [0, 0.1) is 0 Å². The van der Waals surface area contributed by atoms with Crippen LogP contribution in [0.4, 0.5) is 0 Å². The number of nitrogens with one attached hydrogen (secondary N) is 2. The molecule has 0 bridgehead atoms. The molecule has 16 heavy (non-hydrogen) atoms. The van der Waals surface area contributed by atoms with Crippen LogP contribution >= 0.6 is 15.9 Å². The second-order valence-electron chi connectivity index (χ2n) is 4.93. The Hall–Kier alpha value is -0.320. The van der Waals surface area contributed by atoms with Crippen LogP contribution in [0.2, 0.25) is 0 Å². The van der Waals surface area contributed by atoms with Crippen LogP contribution in [0.1, 0.15) is 32.8 Å². The molecule has 92 valence electrons. The zero-order chi connectivity index (χ0) is 12.0. The molecule has 3 nitrogen and oxygen atoms in total. The van der Waals surface area contributed by atoms with Crippen molar-refractivity contribution < 1.29 is 4.42 Å². The van der Waals surface area contributed by atoms with Gasteiger partial charge in [0.05, 0.1) is 6.26 Å². The van der Waals surface area contributed by atoms with Gasteiger partial charge in [-0.05, 0) is 62.3 Å². The molecule has 0 aliphatic rings. The highest BCUT2D eigenvalue weighted by Gasteiger charge is 2.07. The minimum atomic E-state index is 0.216. The fourth-order valence-electron chi connectivity index (χ4n) is 1.35. The summed E-state index contributed by atoms with van der Waals surface area (Å²) in [5.74, 6) is 0. The summed E-state index contributed by atoms with van der Waals surface area (Å²) in [6.07, 6.45) is 2.83. The lowest BCUT2D eigenvalue weighted by Crippen LogP contribution is -2.37. The van der Waals surface area contributed by atoms with Crippen molar-refractivity contribution in [2.75, 3.05) is 13.1 Å².